The highest BCUT2D eigenvalue weighted by atomic mass is 16.5. The van der Waals surface area contributed by atoms with Crippen molar-refractivity contribution in [3.63, 3.8) is 0 Å². The van der Waals surface area contributed by atoms with Gasteiger partial charge in [0.25, 0.3) is 0 Å². The Morgan fingerprint density at radius 3 is 2.72 bits per heavy atom. The smallest absolute Gasteiger partial charge is 0.227 e. The van der Waals surface area contributed by atoms with Crippen molar-refractivity contribution < 1.29 is 9.53 Å². The van der Waals surface area contributed by atoms with Gasteiger partial charge in [0.15, 0.2) is 0 Å². The van der Waals surface area contributed by atoms with Crippen LogP contribution in [0.25, 0.3) is 22.2 Å². The van der Waals surface area contributed by atoms with Gasteiger partial charge >= 0.3 is 0 Å². The van der Waals surface area contributed by atoms with Crippen molar-refractivity contribution in [2.45, 2.75) is 32.9 Å². The molecule has 0 bridgehead atoms. The molecule has 4 aromatic rings. The molecule has 2 heterocycles. The lowest BCUT2D eigenvalue weighted by Crippen LogP contribution is -2.13. The predicted molar refractivity (Wildman–Crippen MR) is 124 cm³/mol. The lowest BCUT2D eigenvalue weighted by molar-refractivity contribution is -0.117. The fourth-order valence-electron chi connectivity index (χ4n) is 3.99. The fourth-order valence-corrected chi connectivity index (χ4v) is 3.99. The first kappa shape index (κ1) is 20.1. The molecule has 2 aromatic carbocycles. The monoisotopic (exact) mass is 430 g/mol. The van der Waals surface area contributed by atoms with Crippen molar-refractivity contribution in [3.8, 4) is 17.0 Å². The van der Waals surface area contributed by atoms with E-state index in [1.54, 1.807) is 11.0 Å². The zero-order valence-corrected chi connectivity index (χ0v) is 18.0. The number of nitrogens with two attached hydrogens (primary N) is 1. The Hall–Kier alpha value is -3.81. The van der Waals surface area contributed by atoms with Gasteiger partial charge in [-0.2, -0.15) is 5.10 Å². The minimum atomic E-state index is 0.108. The number of nitrogen functional groups attached to an aromatic ring is 1. The van der Waals surface area contributed by atoms with Gasteiger partial charge in [-0.1, -0.05) is 12.1 Å². The molecule has 5 rings (SSSR count). The van der Waals surface area contributed by atoms with Crippen LogP contribution in [0.3, 0.4) is 0 Å². The first-order valence-corrected chi connectivity index (χ1v) is 10.9. The number of nitrogens with zero attached hydrogens (tertiary/aromatic N) is 4. The molecular weight excluding hydrogens is 404 g/mol. The maximum absolute atomic E-state index is 12.0. The van der Waals surface area contributed by atoms with Gasteiger partial charge in [0.1, 0.15) is 25.0 Å². The Labute approximate surface area is 186 Å². The molecule has 1 fully saturated rings. The Bertz CT molecular complexity index is 1240. The van der Waals surface area contributed by atoms with Gasteiger partial charge in [-0.15, -0.1) is 0 Å². The van der Waals surface area contributed by atoms with Crippen LogP contribution in [0.2, 0.25) is 0 Å². The van der Waals surface area contributed by atoms with E-state index in [9.17, 15) is 4.79 Å². The summed E-state index contributed by atoms with van der Waals surface area (Å²) in [5.41, 5.74) is 11.2. The number of aryl methyl sites for hydroxylation is 1. The molecule has 1 aliphatic rings. The number of hydrogen-bond acceptors (Lipinski definition) is 5. The molecule has 0 saturated heterocycles. The van der Waals surface area contributed by atoms with Gasteiger partial charge in [0.05, 0.1) is 23.4 Å². The maximum atomic E-state index is 12.0. The third-order valence-corrected chi connectivity index (χ3v) is 5.82. The number of anilines is 2. The molecule has 2 aromatic heterocycles. The molecule has 0 radical (unpaired) electrons. The summed E-state index contributed by atoms with van der Waals surface area (Å²) in [6.45, 7) is 4.00. The molecule has 1 aliphatic carbocycles. The highest BCUT2D eigenvalue weighted by molar-refractivity contribution is 6.01. The second kappa shape index (κ2) is 8.37. The largest absolute Gasteiger partial charge is 0.492 e. The van der Waals surface area contributed by atoms with Crippen molar-refractivity contribution in [1.29, 1.82) is 0 Å². The molecular formula is C24H26N6O2. The summed E-state index contributed by atoms with van der Waals surface area (Å²) in [5, 5.41) is 8.07. The number of nitrogens with one attached hydrogen (secondary N) is 1. The second-order valence-electron chi connectivity index (χ2n) is 8.03. The van der Waals surface area contributed by atoms with Crippen molar-refractivity contribution >= 4 is 28.2 Å². The molecule has 8 nitrogen and oxygen atoms in total. The summed E-state index contributed by atoms with van der Waals surface area (Å²) in [7, 11) is 0. The van der Waals surface area contributed by atoms with Crippen molar-refractivity contribution in [2.24, 2.45) is 5.92 Å². The van der Waals surface area contributed by atoms with Gasteiger partial charge in [-0.3, -0.25) is 4.79 Å². The van der Waals surface area contributed by atoms with Gasteiger partial charge < -0.3 is 20.4 Å². The van der Waals surface area contributed by atoms with Crippen LogP contribution in [0.1, 0.15) is 19.8 Å². The Kier molecular flexibility index (Phi) is 5.26. The van der Waals surface area contributed by atoms with Crippen LogP contribution in [0.5, 0.6) is 5.75 Å². The summed E-state index contributed by atoms with van der Waals surface area (Å²) < 4.78 is 9.87. The van der Waals surface area contributed by atoms with Gasteiger partial charge in [0.2, 0.25) is 5.91 Å². The topological polar surface area (TPSA) is 100.0 Å². The fraction of sp³-hybridized carbons (Fsp3) is 0.292. The Morgan fingerprint density at radius 2 is 2.03 bits per heavy atom. The molecule has 32 heavy (non-hydrogen) atoms. The minimum Gasteiger partial charge on any atom is -0.492 e. The summed E-state index contributed by atoms with van der Waals surface area (Å²) in [6.07, 6.45) is 5.16. The lowest BCUT2D eigenvalue weighted by atomic mass is 10.1. The lowest BCUT2D eigenvalue weighted by Gasteiger charge is -2.11. The van der Waals surface area contributed by atoms with Crippen LogP contribution in [0.4, 0.5) is 11.4 Å². The maximum Gasteiger partial charge on any atom is 0.227 e. The van der Waals surface area contributed by atoms with E-state index in [1.807, 2.05) is 42.5 Å². The summed E-state index contributed by atoms with van der Waals surface area (Å²) in [4.78, 5) is 16.0. The van der Waals surface area contributed by atoms with Gasteiger partial charge in [-0.05, 0) is 44.0 Å². The van der Waals surface area contributed by atoms with E-state index in [1.165, 1.54) is 6.33 Å². The van der Waals surface area contributed by atoms with Crippen molar-refractivity contribution in [2.75, 3.05) is 17.7 Å². The zero-order chi connectivity index (χ0) is 22.1. The predicted octanol–water partition coefficient (Wildman–Crippen LogP) is 3.93. The average Bonchev–Trinajstić information content (AvgIpc) is 3.47. The summed E-state index contributed by atoms with van der Waals surface area (Å²) in [5.74, 6) is 1.08. The van der Waals surface area contributed by atoms with Gasteiger partial charge in [-0.25, -0.2) is 9.67 Å². The number of benzene rings is 2. The quantitative estimate of drug-likeness (QED) is 0.441. The van der Waals surface area contributed by atoms with E-state index >= 15 is 0 Å². The van der Waals surface area contributed by atoms with Crippen LogP contribution in [0, 0.1) is 5.92 Å². The molecule has 1 amide bonds. The second-order valence-corrected chi connectivity index (χ2v) is 8.03. The number of hydrogen-bond donors (Lipinski definition) is 2. The van der Waals surface area contributed by atoms with Crippen molar-refractivity contribution in [1.82, 2.24) is 19.3 Å². The van der Waals surface area contributed by atoms with Crippen molar-refractivity contribution in [3.05, 3.63) is 55.1 Å². The number of carbonyl (C=O) groups excluding carboxylic acids is 1. The van der Waals surface area contributed by atoms with Gasteiger partial charge in [0, 0.05) is 35.2 Å². The molecule has 0 unspecified atom stereocenters. The molecule has 0 aliphatic heterocycles. The van der Waals surface area contributed by atoms with Crippen LogP contribution in [-0.4, -0.2) is 31.8 Å². The highest BCUT2D eigenvalue weighted by Gasteiger charge is 2.29. The van der Waals surface area contributed by atoms with E-state index < -0.39 is 0 Å². The molecule has 3 N–H and O–H groups in total. The van der Waals surface area contributed by atoms with E-state index in [0.717, 1.165) is 58.7 Å². The van der Waals surface area contributed by atoms with E-state index in [4.69, 9.17) is 10.5 Å². The molecule has 164 valence electrons. The number of ether oxygens (including phenoxy) is 1. The number of fused-ring (bicyclic) bond motifs is 1. The van der Waals surface area contributed by atoms with E-state index in [0.29, 0.717) is 13.2 Å². The summed E-state index contributed by atoms with van der Waals surface area (Å²) >= 11 is 0. The summed E-state index contributed by atoms with van der Waals surface area (Å²) in [6, 6.07) is 13.9. The van der Waals surface area contributed by atoms with Crippen LogP contribution >= 0.6 is 0 Å². The number of rotatable bonds is 8. The highest BCUT2D eigenvalue weighted by Crippen LogP contribution is 2.38. The molecule has 8 heteroatoms. The van der Waals surface area contributed by atoms with E-state index in [2.05, 4.69) is 26.9 Å². The number of amides is 1. The van der Waals surface area contributed by atoms with Crippen LogP contribution < -0.4 is 15.8 Å². The SMILES string of the molecule is CCn1c(-c2ccc(NC(=O)C3CC3)cc2)c(N)c2ccc(OCCn3cncn3)cc21. The van der Waals surface area contributed by atoms with Crippen LogP contribution in [-0.2, 0) is 17.9 Å². The molecule has 0 atom stereocenters. The first-order valence-electron chi connectivity index (χ1n) is 10.9. The standard InChI is InChI=1S/C24H26N6O2/c1-2-30-21-13-19(32-12-11-29-15-26-14-27-29)9-10-20(21)22(25)23(30)16-5-7-18(8-6-16)28-24(31)17-3-4-17/h5-10,13-15,17H,2-4,11-12,25H2,1H3,(H,28,31). The zero-order valence-electron chi connectivity index (χ0n) is 18.0. The third kappa shape index (κ3) is 3.91. The Balaban J connectivity index is 1.39. The Morgan fingerprint density at radius 1 is 1.22 bits per heavy atom. The molecule has 0 spiro atoms. The average molecular weight is 431 g/mol. The first-order chi connectivity index (χ1) is 15.6. The van der Waals surface area contributed by atoms with E-state index in [-0.39, 0.29) is 11.8 Å². The van der Waals surface area contributed by atoms with Crippen LogP contribution in [0.15, 0.2) is 55.1 Å². The minimum absolute atomic E-state index is 0.108. The number of carbonyl (C=O) groups is 1. The number of aromatic nitrogens is 4. The third-order valence-electron chi connectivity index (χ3n) is 5.82. The molecule has 1 saturated carbocycles. The normalized spacial score (nSPS) is 13.4.